The summed E-state index contributed by atoms with van der Waals surface area (Å²) in [5.41, 5.74) is 0.0543. The number of benzene rings is 1. The Hall–Kier alpha value is -0.633. The summed E-state index contributed by atoms with van der Waals surface area (Å²) in [6.07, 6.45) is 0. The summed E-state index contributed by atoms with van der Waals surface area (Å²) >= 11 is 3.39. The molecule has 0 bridgehead atoms. The van der Waals surface area contributed by atoms with Crippen LogP contribution >= 0.6 is 15.9 Å². The Bertz CT molecular complexity index is 405. The highest BCUT2D eigenvalue weighted by Crippen LogP contribution is 2.31. The fourth-order valence-corrected chi connectivity index (χ4v) is 3.12. The monoisotopic (exact) mass is 297 g/mol. The van der Waals surface area contributed by atoms with Crippen LogP contribution in [0.1, 0.15) is 12.5 Å². The molecule has 1 unspecified atom stereocenters. The molecule has 1 aromatic rings. The maximum atomic E-state index is 7.34. The third-order valence-corrected chi connectivity index (χ3v) is 3.64. The molecule has 2 nitrogen and oxygen atoms in total. The standard InChI is InChI=1S/C12H16BrNOSi/c1-12(14-2,15-16(3,4)5)10-6-8-11(13)9-7-10/h6-9H,1,3-5H3. The van der Waals surface area contributed by atoms with Crippen molar-refractivity contribution in [2.45, 2.75) is 32.3 Å². The highest BCUT2D eigenvalue weighted by molar-refractivity contribution is 9.10. The van der Waals surface area contributed by atoms with E-state index in [1.807, 2.05) is 31.2 Å². The van der Waals surface area contributed by atoms with Gasteiger partial charge in [0.1, 0.15) is 0 Å². The number of hydrogen-bond donors (Lipinski definition) is 0. The van der Waals surface area contributed by atoms with E-state index in [4.69, 9.17) is 11.0 Å². The third-order valence-electron chi connectivity index (χ3n) is 2.10. The molecule has 0 heterocycles. The van der Waals surface area contributed by atoms with Crippen LogP contribution in [-0.4, -0.2) is 8.32 Å². The molecule has 4 heteroatoms. The van der Waals surface area contributed by atoms with E-state index in [9.17, 15) is 0 Å². The number of rotatable bonds is 3. The quantitative estimate of drug-likeness (QED) is 0.596. The zero-order valence-corrected chi connectivity index (χ0v) is 12.6. The van der Waals surface area contributed by atoms with Crippen LogP contribution in [0, 0.1) is 6.57 Å². The first kappa shape index (κ1) is 13.4. The molecule has 0 saturated heterocycles. The highest BCUT2D eigenvalue weighted by atomic mass is 79.9. The maximum Gasteiger partial charge on any atom is 0.352 e. The lowest BCUT2D eigenvalue weighted by atomic mass is 10.1. The first-order valence-corrected chi connectivity index (χ1v) is 9.32. The van der Waals surface area contributed by atoms with E-state index in [2.05, 4.69) is 40.4 Å². The van der Waals surface area contributed by atoms with Gasteiger partial charge in [0, 0.05) is 11.4 Å². The Labute approximate surface area is 107 Å². The predicted octanol–water partition coefficient (Wildman–Crippen LogP) is 4.39. The zero-order valence-electron chi connectivity index (χ0n) is 10.0. The molecule has 0 aliphatic rings. The number of halogens is 1. The summed E-state index contributed by atoms with van der Waals surface area (Å²) in [7, 11) is -1.74. The van der Waals surface area contributed by atoms with Gasteiger partial charge in [-0.15, -0.1) is 0 Å². The van der Waals surface area contributed by atoms with Crippen molar-refractivity contribution in [3.05, 3.63) is 45.7 Å². The van der Waals surface area contributed by atoms with Crippen LogP contribution in [0.15, 0.2) is 28.7 Å². The van der Waals surface area contributed by atoms with E-state index in [1.54, 1.807) is 0 Å². The third kappa shape index (κ3) is 3.44. The molecule has 0 saturated carbocycles. The van der Waals surface area contributed by atoms with E-state index >= 15 is 0 Å². The van der Waals surface area contributed by atoms with Crippen LogP contribution in [0.2, 0.25) is 19.6 Å². The van der Waals surface area contributed by atoms with Crippen LogP contribution in [0.4, 0.5) is 0 Å². The molecule has 0 aromatic heterocycles. The summed E-state index contributed by atoms with van der Waals surface area (Å²) in [5, 5.41) is 0. The molecular weight excluding hydrogens is 282 g/mol. The van der Waals surface area contributed by atoms with E-state index in [1.165, 1.54) is 0 Å². The molecular formula is C12H16BrNOSi. The summed E-state index contributed by atoms with van der Waals surface area (Å²) in [6.45, 7) is 15.5. The van der Waals surface area contributed by atoms with Gasteiger partial charge in [-0.1, -0.05) is 15.9 Å². The van der Waals surface area contributed by atoms with Crippen molar-refractivity contribution in [1.82, 2.24) is 0 Å². The lowest BCUT2D eigenvalue weighted by molar-refractivity contribution is 0.130. The Morgan fingerprint density at radius 2 is 1.75 bits per heavy atom. The minimum absolute atomic E-state index is 0.856. The topological polar surface area (TPSA) is 13.6 Å². The van der Waals surface area contributed by atoms with Crippen LogP contribution in [0.3, 0.4) is 0 Å². The van der Waals surface area contributed by atoms with E-state index in [0.29, 0.717) is 0 Å². The lowest BCUT2D eigenvalue weighted by Gasteiger charge is -2.26. The minimum Gasteiger partial charge on any atom is -0.347 e. The Kier molecular flexibility index (Phi) is 3.95. The molecule has 0 N–H and O–H groups in total. The second-order valence-electron chi connectivity index (χ2n) is 4.82. The van der Waals surface area contributed by atoms with Crippen molar-refractivity contribution in [3.8, 4) is 0 Å². The van der Waals surface area contributed by atoms with Gasteiger partial charge in [-0.25, -0.2) is 6.57 Å². The zero-order chi connectivity index (χ0) is 12.4. The molecule has 1 rings (SSSR count). The molecule has 86 valence electrons. The van der Waals surface area contributed by atoms with Crippen LogP contribution in [-0.2, 0) is 10.2 Å². The normalized spacial score (nSPS) is 15.2. The smallest absolute Gasteiger partial charge is 0.347 e. The van der Waals surface area contributed by atoms with Gasteiger partial charge < -0.3 is 4.43 Å². The van der Waals surface area contributed by atoms with Gasteiger partial charge in [-0.2, -0.15) is 0 Å². The van der Waals surface area contributed by atoms with Crippen molar-refractivity contribution in [2.24, 2.45) is 0 Å². The van der Waals surface area contributed by atoms with Gasteiger partial charge in [0.25, 0.3) is 0 Å². The van der Waals surface area contributed by atoms with E-state index in [0.717, 1.165) is 10.0 Å². The van der Waals surface area contributed by atoms with Crippen LogP contribution in [0.5, 0.6) is 0 Å². The Morgan fingerprint density at radius 3 is 2.12 bits per heavy atom. The summed E-state index contributed by atoms with van der Waals surface area (Å²) in [5.74, 6) is 0. The fraction of sp³-hybridized carbons (Fsp3) is 0.417. The number of hydrogen-bond acceptors (Lipinski definition) is 1. The van der Waals surface area contributed by atoms with Gasteiger partial charge in [0.2, 0.25) is 0 Å². The molecule has 0 aliphatic heterocycles. The number of nitrogens with zero attached hydrogens (tertiary/aromatic N) is 1. The van der Waals surface area contributed by atoms with Crippen molar-refractivity contribution in [1.29, 1.82) is 0 Å². The minimum atomic E-state index is -1.74. The van der Waals surface area contributed by atoms with Gasteiger partial charge >= 0.3 is 5.72 Å². The van der Waals surface area contributed by atoms with Crippen molar-refractivity contribution in [3.63, 3.8) is 0 Å². The van der Waals surface area contributed by atoms with Crippen LogP contribution in [0.25, 0.3) is 4.85 Å². The highest BCUT2D eigenvalue weighted by Gasteiger charge is 2.38. The van der Waals surface area contributed by atoms with Gasteiger partial charge in [0.05, 0.1) is 5.56 Å². The van der Waals surface area contributed by atoms with Gasteiger partial charge in [0.15, 0.2) is 8.32 Å². The predicted molar refractivity (Wildman–Crippen MR) is 72.5 cm³/mol. The molecule has 0 spiro atoms. The molecule has 1 aromatic carbocycles. The second-order valence-corrected chi connectivity index (χ2v) is 10.2. The molecule has 0 aliphatic carbocycles. The van der Waals surface area contributed by atoms with Crippen molar-refractivity contribution >= 4 is 24.2 Å². The Balaban J connectivity index is 3.06. The first-order chi connectivity index (χ1) is 7.27. The molecule has 0 amide bonds. The van der Waals surface area contributed by atoms with E-state index < -0.39 is 14.0 Å². The SMILES string of the molecule is [C-]#[N+]C(C)(O[Si](C)(C)C)c1ccc(Br)cc1. The summed E-state index contributed by atoms with van der Waals surface area (Å²) in [4.78, 5) is 3.65. The molecule has 0 fully saturated rings. The van der Waals surface area contributed by atoms with Crippen molar-refractivity contribution < 1.29 is 4.43 Å². The first-order valence-electron chi connectivity index (χ1n) is 5.12. The maximum absolute atomic E-state index is 7.34. The Morgan fingerprint density at radius 1 is 1.25 bits per heavy atom. The average Bonchev–Trinajstić information content (AvgIpc) is 2.16. The van der Waals surface area contributed by atoms with E-state index in [-0.39, 0.29) is 0 Å². The largest absolute Gasteiger partial charge is 0.352 e. The van der Waals surface area contributed by atoms with Gasteiger partial charge in [-0.05, 0) is 43.9 Å². The van der Waals surface area contributed by atoms with Crippen LogP contribution < -0.4 is 0 Å². The lowest BCUT2D eigenvalue weighted by Crippen LogP contribution is -2.36. The molecule has 16 heavy (non-hydrogen) atoms. The molecule has 0 radical (unpaired) electrons. The second kappa shape index (κ2) is 4.70. The summed E-state index contributed by atoms with van der Waals surface area (Å²) in [6, 6.07) is 7.74. The average molecular weight is 298 g/mol. The summed E-state index contributed by atoms with van der Waals surface area (Å²) < 4.78 is 6.98. The van der Waals surface area contributed by atoms with Gasteiger partial charge in [-0.3, -0.25) is 4.85 Å². The molecule has 1 atom stereocenters. The fourth-order valence-electron chi connectivity index (χ4n) is 1.50. The van der Waals surface area contributed by atoms with Crippen molar-refractivity contribution in [2.75, 3.05) is 0 Å².